The molecule has 0 aromatic carbocycles. The van der Waals surface area contributed by atoms with Gasteiger partial charge >= 0.3 is 6.03 Å². The summed E-state index contributed by atoms with van der Waals surface area (Å²) in [5.41, 5.74) is -0.780. The van der Waals surface area contributed by atoms with Gasteiger partial charge in [0.25, 0.3) is 5.91 Å². The maximum atomic E-state index is 12.1. The molecule has 3 amide bonds. The molecule has 0 aromatic rings. The van der Waals surface area contributed by atoms with Gasteiger partial charge in [0, 0.05) is 26.7 Å². The van der Waals surface area contributed by atoms with Crippen LogP contribution < -0.4 is 16.0 Å². The molecule has 3 rings (SSSR count). The van der Waals surface area contributed by atoms with E-state index in [1.54, 1.807) is 0 Å². The van der Waals surface area contributed by atoms with Gasteiger partial charge in [-0.1, -0.05) is 26.2 Å². The Labute approximate surface area is 162 Å². The van der Waals surface area contributed by atoms with Crippen molar-refractivity contribution in [3.8, 4) is 0 Å². The number of urea groups is 1. The van der Waals surface area contributed by atoms with Crippen LogP contribution in [0, 0.1) is 17.8 Å². The standard InChI is InChI=1S/C20H35N5O2/c1-14-5-4-6-15(13-14)7-10-22-18(21-3)25-11-8-16(9-12-25)20(2)17(26)23-19(27)24-20/h14-16H,4-13H2,1-3H3,(H,21,22)(H2,23,24,26,27). The predicted octanol–water partition coefficient (Wildman–Crippen LogP) is 2.09. The Balaban J connectivity index is 1.45. The molecule has 0 bridgehead atoms. The normalized spacial score (nSPS) is 33.0. The van der Waals surface area contributed by atoms with Gasteiger partial charge in [0.05, 0.1) is 0 Å². The average molecular weight is 378 g/mol. The number of imide groups is 1. The lowest BCUT2D eigenvalue weighted by Crippen LogP contribution is -2.55. The zero-order chi connectivity index (χ0) is 19.4. The maximum absolute atomic E-state index is 12.1. The van der Waals surface area contributed by atoms with E-state index < -0.39 is 5.54 Å². The lowest BCUT2D eigenvalue weighted by atomic mass is 9.79. The summed E-state index contributed by atoms with van der Waals surface area (Å²) in [5.74, 6) is 2.63. The lowest BCUT2D eigenvalue weighted by molar-refractivity contribution is -0.125. The third kappa shape index (κ3) is 4.55. The fourth-order valence-electron chi connectivity index (χ4n) is 5.06. The van der Waals surface area contributed by atoms with Gasteiger partial charge in [0.1, 0.15) is 5.54 Å². The zero-order valence-corrected chi connectivity index (χ0v) is 17.0. The second kappa shape index (κ2) is 8.48. The fourth-order valence-corrected chi connectivity index (χ4v) is 5.06. The third-order valence-corrected chi connectivity index (χ3v) is 6.78. The van der Waals surface area contributed by atoms with E-state index in [0.717, 1.165) is 50.3 Å². The minimum atomic E-state index is -0.780. The van der Waals surface area contributed by atoms with Crippen LogP contribution in [0.15, 0.2) is 4.99 Å². The van der Waals surface area contributed by atoms with Crippen molar-refractivity contribution in [3.05, 3.63) is 0 Å². The van der Waals surface area contributed by atoms with E-state index in [9.17, 15) is 9.59 Å². The second-order valence-electron chi connectivity index (χ2n) is 8.77. The van der Waals surface area contributed by atoms with E-state index in [4.69, 9.17) is 0 Å². The van der Waals surface area contributed by atoms with E-state index in [2.05, 4.69) is 32.8 Å². The number of aliphatic imine (C=N–C) groups is 1. The van der Waals surface area contributed by atoms with Crippen LogP contribution in [-0.4, -0.2) is 55.0 Å². The van der Waals surface area contributed by atoms with Gasteiger partial charge in [0.15, 0.2) is 5.96 Å². The number of nitrogens with one attached hydrogen (secondary N) is 3. The van der Waals surface area contributed by atoms with Gasteiger partial charge in [-0.25, -0.2) is 4.79 Å². The van der Waals surface area contributed by atoms with Crippen LogP contribution in [-0.2, 0) is 4.79 Å². The van der Waals surface area contributed by atoms with Crippen LogP contribution in [0.4, 0.5) is 4.79 Å². The highest BCUT2D eigenvalue weighted by molar-refractivity contribution is 6.07. The van der Waals surface area contributed by atoms with Crippen molar-refractivity contribution >= 4 is 17.9 Å². The van der Waals surface area contributed by atoms with Crippen molar-refractivity contribution in [2.24, 2.45) is 22.7 Å². The van der Waals surface area contributed by atoms with E-state index >= 15 is 0 Å². The molecule has 3 atom stereocenters. The van der Waals surface area contributed by atoms with Gasteiger partial charge in [-0.05, 0) is 50.4 Å². The largest absolute Gasteiger partial charge is 0.356 e. The first-order valence-electron chi connectivity index (χ1n) is 10.5. The molecule has 27 heavy (non-hydrogen) atoms. The highest BCUT2D eigenvalue weighted by Gasteiger charge is 2.48. The van der Waals surface area contributed by atoms with Crippen LogP contribution in [0.1, 0.15) is 58.8 Å². The Morgan fingerprint density at radius 3 is 2.59 bits per heavy atom. The molecule has 3 fully saturated rings. The van der Waals surface area contributed by atoms with E-state index in [0.29, 0.717) is 0 Å². The Morgan fingerprint density at radius 1 is 1.26 bits per heavy atom. The number of hydrogen-bond donors (Lipinski definition) is 3. The summed E-state index contributed by atoms with van der Waals surface area (Å²) in [6.07, 6.45) is 8.43. The average Bonchev–Trinajstić information content (AvgIpc) is 2.92. The summed E-state index contributed by atoms with van der Waals surface area (Å²) in [6, 6.07) is -0.376. The van der Waals surface area contributed by atoms with Crippen LogP contribution in [0.2, 0.25) is 0 Å². The number of carbonyl (C=O) groups is 2. The summed E-state index contributed by atoms with van der Waals surface area (Å²) in [4.78, 5) is 30.4. The first-order valence-corrected chi connectivity index (χ1v) is 10.5. The minimum Gasteiger partial charge on any atom is -0.356 e. The van der Waals surface area contributed by atoms with Crippen LogP contribution in [0.25, 0.3) is 0 Å². The van der Waals surface area contributed by atoms with Crippen molar-refractivity contribution < 1.29 is 9.59 Å². The monoisotopic (exact) mass is 377 g/mol. The van der Waals surface area contributed by atoms with Crippen molar-refractivity contribution in [2.45, 2.75) is 64.3 Å². The Kier molecular flexibility index (Phi) is 6.27. The number of rotatable bonds is 4. The summed E-state index contributed by atoms with van der Waals surface area (Å²) in [6.45, 7) is 6.88. The highest BCUT2D eigenvalue weighted by Crippen LogP contribution is 2.31. The van der Waals surface area contributed by atoms with Crippen molar-refractivity contribution in [1.82, 2.24) is 20.9 Å². The quantitative estimate of drug-likeness (QED) is 0.398. The smallest absolute Gasteiger partial charge is 0.322 e. The predicted molar refractivity (Wildman–Crippen MR) is 106 cm³/mol. The van der Waals surface area contributed by atoms with Gasteiger partial charge in [-0.2, -0.15) is 0 Å². The van der Waals surface area contributed by atoms with Gasteiger partial charge < -0.3 is 15.5 Å². The lowest BCUT2D eigenvalue weighted by Gasteiger charge is -2.39. The molecule has 0 spiro atoms. The van der Waals surface area contributed by atoms with Crippen molar-refractivity contribution in [2.75, 3.05) is 26.7 Å². The molecule has 0 radical (unpaired) electrons. The fraction of sp³-hybridized carbons (Fsp3) is 0.850. The van der Waals surface area contributed by atoms with E-state index in [1.807, 2.05) is 14.0 Å². The second-order valence-corrected chi connectivity index (χ2v) is 8.77. The molecule has 1 aliphatic carbocycles. The minimum absolute atomic E-state index is 0.155. The molecule has 7 heteroatoms. The Morgan fingerprint density at radius 2 is 2.00 bits per heavy atom. The number of hydrogen-bond acceptors (Lipinski definition) is 3. The molecule has 152 valence electrons. The molecule has 1 saturated carbocycles. The number of carbonyl (C=O) groups excluding carboxylic acids is 2. The molecular weight excluding hydrogens is 342 g/mol. The molecule has 0 aromatic heterocycles. The van der Waals surface area contributed by atoms with Crippen LogP contribution >= 0.6 is 0 Å². The molecule has 2 heterocycles. The van der Waals surface area contributed by atoms with Crippen LogP contribution in [0.3, 0.4) is 0 Å². The molecule has 2 saturated heterocycles. The number of piperidine rings is 1. The number of nitrogens with zero attached hydrogens (tertiary/aromatic N) is 2. The van der Waals surface area contributed by atoms with Crippen molar-refractivity contribution in [1.29, 1.82) is 0 Å². The summed E-state index contributed by atoms with van der Waals surface area (Å²) in [5, 5.41) is 8.73. The molecule has 2 aliphatic heterocycles. The molecule has 3 N–H and O–H groups in total. The Hall–Kier alpha value is -1.79. The van der Waals surface area contributed by atoms with E-state index in [-0.39, 0.29) is 17.9 Å². The molecule has 7 nitrogen and oxygen atoms in total. The number of guanidine groups is 1. The first kappa shape index (κ1) is 20.0. The molecule has 3 unspecified atom stereocenters. The topological polar surface area (TPSA) is 85.8 Å². The van der Waals surface area contributed by atoms with Gasteiger partial charge in [0.2, 0.25) is 0 Å². The van der Waals surface area contributed by atoms with Crippen LogP contribution in [0.5, 0.6) is 0 Å². The van der Waals surface area contributed by atoms with Crippen molar-refractivity contribution in [3.63, 3.8) is 0 Å². The first-order chi connectivity index (χ1) is 12.9. The number of amides is 3. The summed E-state index contributed by atoms with van der Waals surface area (Å²) >= 11 is 0. The van der Waals surface area contributed by atoms with Gasteiger partial charge in [-0.3, -0.25) is 15.1 Å². The molecular formula is C20H35N5O2. The van der Waals surface area contributed by atoms with Gasteiger partial charge in [-0.15, -0.1) is 0 Å². The summed E-state index contributed by atoms with van der Waals surface area (Å²) in [7, 11) is 1.84. The molecule has 3 aliphatic rings. The highest BCUT2D eigenvalue weighted by atomic mass is 16.2. The maximum Gasteiger partial charge on any atom is 0.322 e. The summed E-state index contributed by atoms with van der Waals surface area (Å²) < 4.78 is 0. The zero-order valence-electron chi connectivity index (χ0n) is 17.0. The SMILES string of the molecule is CN=C(NCCC1CCCC(C)C1)N1CCC(C2(C)NC(=O)NC2=O)CC1. The van der Waals surface area contributed by atoms with E-state index in [1.165, 1.54) is 32.1 Å². The number of likely N-dealkylation sites (tertiary alicyclic amines) is 1. The Bertz CT molecular complexity index is 585. The third-order valence-electron chi connectivity index (χ3n) is 6.78.